The molecule has 1 unspecified atom stereocenters. The molecule has 0 aliphatic rings. The molecule has 82 valence electrons. The smallest absolute Gasteiger partial charge is 0.291 e. The van der Waals surface area contributed by atoms with Crippen LogP contribution >= 0.6 is 15.9 Å². The van der Waals surface area contributed by atoms with E-state index in [0.29, 0.717) is 23.0 Å². The molecule has 0 amide bonds. The number of halogens is 1. The maximum Gasteiger partial charge on any atom is 0.291 e. The molecule has 0 bridgehead atoms. The zero-order valence-electron chi connectivity index (χ0n) is 8.31. The first-order valence-corrected chi connectivity index (χ1v) is 5.34. The molecule has 0 saturated carbocycles. The van der Waals surface area contributed by atoms with E-state index in [0.717, 1.165) is 0 Å². The highest BCUT2D eigenvalue weighted by molar-refractivity contribution is 9.10. The van der Waals surface area contributed by atoms with Gasteiger partial charge in [-0.25, -0.2) is 0 Å². The molecule has 1 rings (SSSR count). The molecule has 0 spiro atoms. The van der Waals surface area contributed by atoms with Gasteiger partial charge in [-0.3, -0.25) is 15.1 Å². The molecule has 0 aliphatic heterocycles. The number of hydrogen-bond donors (Lipinski definition) is 1. The fourth-order valence-corrected chi connectivity index (χ4v) is 1.49. The van der Waals surface area contributed by atoms with Crippen LogP contribution in [-0.2, 0) is 6.42 Å². The normalized spacial score (nSPS) is 12.5. The number of pyridine rings is 1. The van der Waals surface area contributed by atoms with Gasteiger partial charge < -0.3 is 5.73 Å². The molecule has 1 heterocycles. The molecule has 0 fully saturated rings. The Morgan fingerprint density at radius 3 is 2.93 bits per heavy atom. The van der Waals surface area contributed by atoms with Gasteiger partial charge in [-0.1, -0.05) is 0 Å². The van der Waals surface area contributed by atoms with E-state index in [1.807, 2.05) is 6.92 Å². The summed E-state index contributed by atoms with van der Waals surface area (Å²) in [6.07, 6.45) is 2.78. The number of hydrogen-bond acceptors (Lipinski definition) is 4. The van der Waals surface area contributed by atoms with Crippen LogP contribution < -0.4 is 5.73 Å². The Hall–Kier alpha value is -1.01. The van der Waals surface area contributed by atoms with Gasteiger partial charge in [0, 0.05) is 22.8 Å². The van der Waals surface area contributed by atoms with Gasteiger partial charge in [0.15, 0.2) is 0 Å². The van der Waals surface area contributed by atoms with Gasteiger partial charge in [-0.05, 0) is 35.7 Å². The Bertz CT molecular complexity index is 368. The van der Waals surface area contributed by atoms with E-state index >= 15 is 0 Å². The van der Waals surface area contributed by atoms with Crippen molar-refractivity contribution in [3.63, 3.8) is 0 Å². The Morgan fingerprint density at radius 2 is 2.40 bits per heavy atom. The largest absolute Gasteiger partial charge is 0.328 e. The lowest BCUT2D eigenvalue weighted by atomic mass is 10.1. The number of nitro groups is 1. The highest BCUT2D eigenvalue weighted by Gasteiger charge is 2.15. The van der Waals surface area contributed by atoms with E-state index in [-0.39, 0.29) is 11.7 Å². The second-order valence-corrected chi connectivity index (χ2v) is 4.31. The van der Waals surface area contributed by atoms with Crippen molar-refractivity contribution in [1.29, 1.82) is 0 Å². The second-order valence-electron chi connectivity index (χ2n) is 3.39. The summed E-state index contributed by atoms with van der Waals surface area (Å²) >= 11 is 3.15. The van der Waals surface area contributed by atoms with E-state index in [1.54, 1.807) is 6.20 Å². The van der Waals surface area contributed by atoms with E-state index in [2.05, 4.69) is 20.9 Å². The monoisotopic (exact) mass is 273 g/mol. The van der Waals surface area contributed by atoms with E-state index in [4.69, 9.17) is 5.73 Å². The Kier molecular flexibility index (Phi) is 4.16. The van der Waals surface area contributed by atoms with Crippen LogP contribution in [0, 0.1) is 10.1 Å². The lowest BCUT2D eigenvalue weighted by molar-refractivity contribution is -0.386. The summed E-state index contributed by atoms with van der Waals surface area (Å²) in [7, 11) is 0. The van der Waals surface area contributed by atoms with Crippen LogP contribution in [0.2, 0.25) is 0 Å². The van der Waals surface area contributed by atoms with Crippen molar-refractivity contribution >= 4 is 21.6 Å². The predicted molar refractivity (Wildman–Crippen MR) is 60.6 cm³/mol. The molecule has 6 heteroatoms. The van der Waals surface area contributed by atoms with Crippen molar-refractivity contribution < 1.29 is 4.92 Å². The van der Waals surface area contributed by atoms with Crippen molar-refractivity contribution in [3.8, 4) is 0 Å². The zero-order valence-corrected chi connectivity index (χ0v) is 9.90. The number of aromatic nitrogens is 1. The number of nitrogens with two attached hydrogens (primary N) is 1. The van der Waals surface area contributed by atoms with Crippen LogP contribution in [0.25, 0.3) is 0 Å². The first kappa shape index (κ1) is 12.1. The summed E-state index contributed by atoms with van der Waals surface area (Å²) in [5.74, 6) is 0. The molecule has 1 atom stereocenters. The third kappa shape index (κ3) is 3.56. The Morgan fingerprint density at radius 1 is 1.73 bits per heavy atom. The summed E-state index contributed by atoms with van der Waals surface area (Å²) in [5.41, 5.74) is 6.12. The van der Waals surface area contributed by atoms with Crippen LogP contribution in [0.3, 0.4) is 0 Å². The summed E-state index contributed by atoms with van der Waals surface area (Å²) in [4.78, 5) is 14.3. The van der Waals surface area contributed by atoms with Gasteiger partial charge in [0.1, 0.15) is 5.69 Å². The van der Waals surface area contributed by atoms with Gasteiger partial charge in [-0.2, -0.15) is 0 Å². The summed E-state index contributed by atoms with van der Waals surface area (Å²) in [6, 6.07) is 1.49. The van der Waals surface area contributed by atoms with E-state index in [1.165, 1.54) is 6.07 Å². The second kappa shape index (κ2) is 5.18. The highest BCUT2D eigenvalue weighted by atomic mass is 79.9. The van der Waals surface area contributed by atoms with Crippen LogP contribution in [0.15, 0.2) is 16.7 Å². The third-order valence-electron chi connectivity index (χ3n) is 1.95. The molecule has 0 saturated heterocycles. The van der Waals surface area contributed by atoms with Crippen molar-refractivity contribution in [2.45, 2.75) is 25.8 Å². The van der Waals surface area contributed by atoms with Gasteiger partial charge >= 0.3 is 0 Å². The zero-order chi connectivity index (χ0) is 11.4. The first-order valence-electron chi connectivity index (χ1n) is 4.55. The van der Waals surface area contributed by atoms with Crippen LogP contribution in [-0.4, -0.2) is 15.9 Å². The average molecular weight is 274 g/mol. The molecule has 0 aromatic carbocycles. The fraction of sp³-hybridized carbons (Fsp3) is 0.444. The molecule has 1 aromatic heterocycles. The summed E-state index contributed by atoms with van der Waals surface area (Å²) in [6.45, 7) is 1.87. The quantitative estimate of drug-likeness (QED) is 0.672. The molecular weight excluding hydrogens is 262 g/mol. The van der Waals surface area contributed by atoms with Crippen molar-refractivity contribution in [1.82, 2.24) is 4.98 Å². The molecule has 15 heavy (non-hydrogen) atoms. The van der Waals surface area contributed by atoms with Crippen molar-refractivity contribution in [2.24, 2.45) is 5.73 Å². The molecule has 0 radical (unpaired) electrons. The van der Waals surface area contributed by atoms with E-state index in [9.17, 15) is 10.1 Å². The maximum atomic E-state index is 10.7. The predicted octanol–water partition coefficient (Wildman–Crippen LogP) is 2.03. The fourth-order valence-electron chi connectivity index (χ4n) is 1.17. The lowest BCUT2D eigenvalue weighted by Gasteiger charge is -2.05. The lowest BCUT2D eigenvalue weighted by Crippen LogP contribution is -2.16. The summed E-state index contributed by atoms with van der Waals surface area (Å²) < 4.78 is 0.610. The number of nitrogens with zero attached hydrogens (tertiary/aromatic N) is 2. The Labute approximate surface area is 96.0 Å². The van der Waals surface area contributed by atoms with Gasteiger partial charge in [0.05, 0.1) is 4.92 Å². The number of aryl methyl sites for hydroxylation is 1. The maximum absolute atomic E-state index is 10.7. The third-order valence-corrected chi connectivity index (χ3v) is 2.38. The minimum Gasteiger partial charge on any atom is -0.328 e. The highest BCUT2D eigenvalue weighted by Crippen LogP contribution is 2.22. The van der Waals surface area contributed by atoms with Gasteiger partial charge in [0.25, 0.3) is 5.69 Å². The topological polar surface area (TPSA) is 82.0 Å². The molecule has 1 aromatic rings. The van der Waals surface area contributed by atoms with Gasteiger partial charge in [0.2, 0.25) is 0 Å². The SMILES string of the molecule is CC(N)CCc1ncc(Br)cc1[N+](=O)[O-]. The molecule has 0 aliphatic carbocycles. The molecule has 2 N–H and O–H groups in total. The summed E-state index contributed by atoms with van der Waals surface area (Å²) in [5, 5.41) is 10.7. The van der Waals surface area contributed by atoms with Crippen molar-refractivity contribution in [3.05, 3.63) is 32.5 Å². The van der Waals surface area contributed by atoms with Crippen LogP contribution in [0.5, 0.6) is 0 Å². The van der Waals surface area contributed by atoms with Crippen molar-refractivity contribution in [2.75, 3.05) is 0 Å². The van der Waals surface area contributed by atoms with Crippen LogP contribution in [0.4, 0.5) is 5.69 Å². The average Bonchev–Trinajstić information content (AvgIpc) is 2.15. The van der Waals surface area contributed by atoms with Crippen LogP contribution in [0.1, 0.15) is 19.0 Å². The molecular formula is C9H12BrN3O2. The standard InChI is InChI=1S/C9H12BrN3O2/c1-6(11)2-3-8-9(13(14)15)4-7(10)5-12-8/h4-6H,2-3,11H2,1H3. The van der Waals surface area contributed by atoms with Gasteiger partial charge in [-0.15, -0.1) is 0 Å². The minimum atomic E-state index is -0.422. The minimum absolute atomic E-state index is 0.0232. The first-order chi connectivity index (χ1) is 7.00. The number of rotatable bonds is 4. The Balaban J connectivity index is 2.91. The van der Waals surface area contributed by atoms with E-state index < -0.39 is 4.92 Å². The molecule has 5 nitrogen and oxygen atoms in total.